The molecule has 82 valence electrons. The summed E-state index contributed by atoms with van der Waals surface area (Å²) >= 11 is 37.6. The molecule has 0 aromatic rings. The second-order valence-electron chi connectivity index (χ2n) is 1.42. The van der Waals surface area contributed by atoms with Gasteiger partial charge in [-0.2, -0.15) is 8.78 Å². The minimum Gasteiger partial charge on any atom is -0.183 e. The van der Waals surface area contributed by atoms with Crippen molar-refractivity contribution in [3.63, 3.8) is 0 Å². The first kappa shape index (κ1) is 17.6. The van der Waals surface area contributed by atoms with Crippen LogP contribution in [0.1, 0.15) is 0 Å². The lowest BCUT2D eigenvalue weighted by Crippen LogP contribution is -2.26. The lowest BCUT2D eigenvalue weighted by atomic mass is 10.8. The Hall–Kier alpha value is 2.18. The summed E-state index contributed by atoms with van der Waals surface area (Å²) in [6.07, 6.45) is 0. The maximum atomic E-state index is 11.6. The van der Waals surface area contributed by atoms with Gasteiger partial charge in [-0.1, -0.05) is 81.2 Å². The van der Waals surface area contributed by atoms with E-state index in [0.717, 1.165) is 0 Å². The van der Waals surface area contributed by atoms with Crippen LogP contribution in [-0.2, 0) is 0 Å². The molecule has 0 nitrogen and oxygen atoms in total. The highest BCUT2D eigenvalue weighted by Crippen LogP contribution is 2.44. The van der Waals surface area contributed by atoms with Gasteiger partial charge in [-0.05, 0) is 11.6 Å². The Morgan fingerprint density at radius 2 is 0.692 bits per heavy atom. The highest BCUT2D eigenvalue weighted by atomic mass is 35.6. The van der Waals surface area contributed by atoms with Crippen LogP contribution in [0.25, 0.3) is 0 Å². The molecule has 0 spiro atoms. The van der Waals surface area contributed by atoms with E-state index in [4.69, 9.17) is 46.4 Å². The molecule has 0 aromatic heterocycles. The van der Waals surface area contributed by atoms with Crippen LogP contribution in [0.15, 0.2) is 0 Å². The van der Waals surface area contributed by atoms with Gasteiger partial charge >= 0.3 is 5.38 Å². The van der Waals surface area contributed by atoms with Crippen molar-refractivity contribution in [1.29, 1.82) is 0 Å². The van der Waals surface area contributed by atoms with Gasteiger partial charge in [0.25, 0.3) is 7.04 Å². The Labute approximate surface area is 113 Å². The van der Waals surface area contributed by atoms with Gasteiger partial charge in [0.05, 0.1) is 0 Å². The van der Waals surface area contributed by atoms with E-state index in [9.17, 15) is 8.78 Å². The molecule has 10 heteroatoms. The van der Waals surface area contributed by atoms with Crippen LogP contribution >= 0.6 is 92.8 Å². The van der Waals surface area contributed by atoms with Crippen LogP contribution in [0.3, 0.4) is 0 Å². The smallest absolute Gasteiger partial charge is 0.183 e. The van der Waals surface area contributed by atoms with Gasteiger partial charge in [0.1, 0.15) is 0 Å². The summed E-state index contributed by atoms with van der Waals surface area (Å²) in [7, 11) is 0. The molecule has 0 saturated heterocycles. The number of alkyl halides is 10. The first-order valence-electron chi connectivity index (χ1n) is 2.14. The minimum atomic E-state index is -3.79. The summed E-state index contributed by atoms with van der Waals surface area (Å²) in [5, 5.41) is -3.79. The summed E-state index contributed by atoms with van der Waals surface area (Å²) in [6.45, 7) is 0. The fourth-order valence-corrected chi connectivity index (χ4v) is 0. The molecule has 0 radical (unpaired) electrons. The number of rotatable bonds is 0. The molecule has 0 heterocycles. The Morgan fingerprint density at radius 1 is 0.615 bits per heavy atom. The zero-order valence-electron chi connectivity index (χ0n) is 5.28. The standard InChI is InChI=1S/C2Cl4F2.CCl4/c3-1(4,5)2(6,7)8;2-1(3,4)5. The third kappa shape index (κ3) is 16.8. The van der Waals surface area contributed by atoms with E-state index >= 15 is 0 Å². The topological polar surface area (TPSA) is 0 Å². The predicted octanol–water partition coefficient (Wildman–Crippen LogP) is 5.74. The van der Waals surface area contributed by atoms with E-state index in [-0.39, 0.29) is 0 Å². The number of hydrogen-bond donors (Lipinski definition) is 0. The molecule has 0 aliphatic carbocycles. The Balaban J connectivity index is 0. The fourth-order valence-electron chi connectivity index (χ4n) is 0. The third-order valence-electron chi connectivity index (χ3n) is 0.321. The first-order valence-corrected chi connectivity index (χ1v) is 5.16. The molecule has 0 atom stereocenters. The molecule has 0 amide bonds. The van der Waals surface area contributed by atoms with Crippen LogP contribution in [-0.4, -0.2) is 12.4 Å². The molecule has 13 heavy (non-hydrogen) atoms. The normalized spacial score (nSPS) is 13.4. The van der Waals surface area contributed by atoms with Crippen molar-refractivity contribution in [3.05, 3.63) is 0 Å². The molecule has 0 bridgehead atoms. The number of halogens is 10. The Bertz CT molecular complexity index is 121. The summed E-state index contributed by atoms with van der Waals surface area (Å²) in [4.78, 5) is 0. The quantitative estimate of drug-likeness (QED) is 0.485. The number of hydrogen-bond acceptors (Lipinski definition) is 0. The lowest BCUT2D eigenvalue weighted by molar-refractivity contribution is 0.101. The summed E-state index contributed by atoms with van der Waals surface area (Å²) in [5.41, 5.74) is 0. The third-order valence-corrected chi connectivity index (χ3v) is 1.61. The predicted molar refractivity (Wildman–Crippen MR) is 57.2 cm³/mol. The summed E-state index contributed by atoms with van der Waals surface area (Å²) < 4.78 is 18.9. The molecule has 0 aliphatic rings. The van der Waals surface area contributed by atoms with Crippen molar-refractivity contribution in [2.75, 3.05) is 0 Å². The average molecular weight is 358 g/mol. The SMILES string of the molecule is ClC(Cl)(Cl)Cl.FC(F)(Cl)C(Cl)(Cl)Cl. The summed E-state index contributed by atoms with van der Waals surface area (Å²) in [5.74, 6) is 0. The second kappa shape index (κ2) is 6.05. The fraction of sp³-hybridized carbons (Fsp3) is 1.00. The van der Waals surface area contributed by atoms with Gasteiger partial charge in [-0.3, -0.25) is 0 Å². The largest absolute Gasteiger partial charge is 0.368 e. The second-order valence-corrected chi connectivity index (χ2v) is 7.61. The zero-order valence-corrected chi connectivity index (χ0v) is 11.3. The monoisotopic (exact) mass is 354 g/mol. The zero-order chi connectivity index (χ0) is 11.5. The molecule has 0 aromatic carbocycles. The summed E-state index contributed by atoms with van der Waals surface area (Å²) in [6, 6.07) is 0. The maximum absolute atomic E-state index is 11.6. The van der Waals surface area contributed by atoms with Crippen molar-refractivity contribution < 1.29 is 8.78 Å². The molecular weight excluding hydrogens is 358 g/mol. The maximum Gasteiger partial charge on any atom is 0.368 e. The molecule has 0 unspecified atom stereocenters. The van der Waals surface area contributed by atoms with Crippen LogP contribution in [0.4, 0.5) is 8.78 Å². The van der Waals surface area contributed by atoms with Crippen molar-refractivity contribution >= 4 is 92.8 Å². The molecular formula is C3Cl8F2. The van der Waals surface area contributed by atoms with E-state index in [0.29, 0.717) is 0 Å². The molecule has 0 fully saturated rings. The van der Waals surface area contributed by atoms with Gasteiger partial charge in [-0.25, -0.2) is 0 Å². The van der Waals surface area contributed by atoms with Crippen LogP contribution in [0, 0.1) is 0 Å². The van der Waals surface area contributed by atoms with Gasteiger partial charge in [-0.15, -0.1) is 0 Å². The van der Waals surface area contributed by atoms with E-state index in [1.807, 2.05) is 0 Å². The Kier molecular flexibility index (Phi) is 8.18. The van der Waals surface area contributed by atoms with Crippen LogP contribution in [0.5, 0.6) is 0 Å². The van der Waals surface area contributed by atoms with E-state index in [1.165, 1.54) is 0 Å². The van der Waals surface area contributed by atoms with Crippen molar-refractivity contribution in [3.8, 4) is 0 Å². The molecule has 0 aliphatic heterocycles. The average Bonchev–Trinajstić information content (AvgIpc) is 1.50. The first-order chi connectivity index (χ1) is 5.25. The van der Waals surface area contributed by atoms with E-state index in [2.05, 4.69) is 46.4 Å². The van der Waals surface area contributed by atoms with E-state index < -0.39 is 12.4 Å². The minimum absolute atomic E-state index is 1.61. The molecule has 0 rings (SSSR count). The highest BCUT2D eigenvalue weighted by molar-refractivity contribution is 6.83. The van der Waals surface area contributed by atoms with Gasteiger partial charge in [0.2, 0.25) is 0 Å². The van der Waals surface area contributed by atoms with E-state index in [1.54, 1.807) is 0 Å². The van der Waals surface area contributed by atoms with Crippen LogP contribution in [0.2, 0.25) is 0 Å². The van der Waals surface area contributed by atoms with Crippen molar-refractivity contribution in [2.24, 2.45) is 0 Å². The Morgan fingerprint density at radius 3 is 0.692 bits per heavy atom. The van der Waals surface area contributed by atoms with Gasteiger partial charge in [0.15, 0.2) is 0 Å². The van der Waals surface area contributed by atoms with Crippen LogP contribution < -0.4 is 0 Å². The van der Waals surface area contributed by atoms with Gasteiger partial charge < -0.3 is 0 Å². The van der Waals surface area contributed by atoms with Crippen molar-refractivity contribution in [1.82, 2.24) is 0 Å². The molecule has 0 saturated carbocycles. The lowest BCUT2D eigenvalue weighted by Gasteiger charge is -2.15. The highest BCUT2D eigenvalue weighted by Gasteiger charge is 2.48. The van der Waals surface area contributed by atoms with Gasteiger partial charge in [0, 0.05) is 0 Å². The van der Waals surface area contributed by atoms with Crippen molar-refractivity contribution in [2.45, 2.75) is 12.4 Å². The molecule has 0 N–H and O–H groups in total.